The van der Waals surface area contributed by atoms with Crippen LogP contribution in [-0.2, 0) is 6.42 Å². The molecule has 3 aromatic rings. The highest BCUT2D eigenvalue weighted by Crippen LogP contribution is 2.21. The van der Waals surface area contributed by atoms with Gasteiger partial charge in [0.15, 0.2) is 0 Å². The molecular formula is C24H20FN. The third kappa shape index (κ3) is 4.46. The Morgan fingerprint density at radius 3 is 2.23 bits per heavy atom. The van der Waals surface area contributed by atoms with Gasteiger partial charge in [-0.15, -0.1) is 0 Å². The first-order valence-corrected chi connectivity index (χ1v) is 8.67. The van der Waals surface area contributed by atoms with Crippen LogP contribution in [0.1, 0.15) is 40.7 Å². The van der Waals surface area contributed by atoms with Crippen molar-refractivity contribution in [1.82, 2.24) is 0 Å². The fourth-order valence-electron chi connectivity index (χ4n) is 2.94. The van der Waals surface area contributed by atoms with Crippen molar-refractivity contribution in [3.05, 3.63) is 106 Å². The zero-order chi connectivity index (χ0) is 18.4. The molecule has 0 bridgehead atoms. The first-order valence-electron chi connectivity index (χ1n) is 8.67. The van der Waals surface area contributed by atoms with E-state index in [1.807, 2.05) is 24.3 Å². The van der Waals surface area contributed by atoms with E-state index in [1.165, 1.54) is 23.3 Å². The maximum atomic E-state index is 13.6. The van der Waals surface area contributed by atoms with E-state index in [0.717, 1.165) is 17.5 Å². The Balaban J connectivity index is 1.66. The minimum Gasteiger partial charge on any atom is -0.206 e. The Labute approximate surface area is 154 Å². The maximum Gasteiger partial charge on any atom is 0.141 e. The van der Waals surface area contributed by atoms with Crippen molar-refractivity contribution >= 4 is 12.2 Å². The van der Waals surface area contributed by atoms with Crippen LogP contribution in [0, 0.1) is 17.1 Å². The van der Waals surface area contributed by atoms with Crippen LogP contribution in [0.5, 0.6) is 0 Å². The molecule has 0 fully saturated rings. The van der Waals surface area contributed by atoms with E-state index < -0.39 is 5.82 Å². The average Bonchev–Trinajstić information content (AvgIpc) is 2.68. The molecule has 3 aromatic carbocycles. The van der Waals surface area contributed by atoms with Gasteiger partial charge in [-0.3, -0.25) is 0 Å². The highest BCUT2D eigenvalue weighted by atomic mass is 19.1. The van der Waals surface area contributed by atoms with Crippen molar-refractivity contribution in [2.75, 3.05) is 0 Å². The molecular weight excluding hydrogens is 321 g/mol. The zero-order valence-corrected chi connectivity index (χ0v) is 14.7. The summed E-state index contributed by atoms with van der Waals surface area (Å²) < 4.78 is 13.6. The Morgan fingerprint density at radius 2 is 1.58 bits per heavy atom. The van der Waals surface area contributed by atoms with Crippen LogP contribution >= 0.6 is 0 Å². The molecule has 0 saturated heterocycles. The highest BCUT2D eigenvalue weighted by molar-refractivity contribution is 5.70. The summed E-state index contributed by atoms with van der Waals surface area (Å²) in [5.74, 6) is -0.0147. The van der Waals surface area contributed by atoms with Gasteiger partial charge < -0.3 is 0 Å². The molecule has 0 radical (unpaired) electrons. The summed E-state index contributed by atoms with van der Waals surface area (Å²) in [7, 11) is 0. The van der Waals surface area contributed by atoms with Gasteiger partial charge in [-0.25, -0.2) is 4.39 Å². The van der Waals surface area contributed by atoms with Gasteiger partial charge in [-0.05, 0) is 46.7 Å². The topological polar surface area (TPSA) is 23.8 Å². The van der Waals surface area contributed by atoms with Gasteiger partial charge >= 0.3 is 0 Å². The fourth-order valence-corrected chi connectivity index (χ4v) is 2.94. The molecule has 1 nitrogen and oxygen atoms in total. The lowest BCUT2D eigenvalue weighted by Gasteiger charge is -2.12. The highest BCUT2D eigenvalue weighted by Gasteiger charge is 2.06. The third-order valence-electron chi connectivity index (χ3n) is 4.47. The Kier molecular flexibility index (Phi) is 5.61. The van der Waals surface area contributed by atoms with E-state index in [0.29, 0.717) is 5.92 Å². The molecule has 2 heteroatoms. The Hall–Kier alpha value is -3.18. The monoisotopic (exact) mass is 341 g/mol. The number of hydrogen-bond acceptors (Lipinski definition) is 1. The van der Waals surface area contributed by atoms with Gasteiger partial charge in [-0.1, -0.05) is 79.7 Å². The third-order valence-corrected chi connectivity index (χ3v) is 4.47. The van der Waals surface area contributed by atoms with E-state index in [9.17, 15) is 4.39 Å². The first-order chi connectivity index (χ1) is 12.7. The fraction of sp³-hybridized carbons (Fsp3) is 0.125. The molecule has 0 N–H and O–H groups in total. The molecule has 0 aliphatic rings. The minimum atomic E-state index is -0.486. The largest absolute Gasteiger partial charge is 0.206 e. The van der Waals surface area contributed by atoms with Crippen molar-refractivity contribution in [3.8, 4) is 6.07 Å². The SMILES string of the molecule is C[C@@H](Cc1ccc(C=Cc2ccc(C#N)c(F)c2)cc1)c1ccccc1. The molecule has 0 saturated carbocycles. The Morgan fingerprint density at radius 1 is 0.923 bits per heavy atom. The summed E-state index contributed by atoms with van der Waals surface area (Å²) >= 11 is 0. The molecule has 0 aromatic heterocycles. The smallest absolute Gasteiger partial charge is 0.141 e. The predicted octanol–water partition coefficient (Wildman–Crippen LogP) is 6.21. The van der Waals surface area contributed by atoms with Crippen LogP contribution in [0.15, 0.2) is 72.8 Å². The summed E-state index contributed by atoms with van der Waals surface area (Å²) in [6.45, 7) is 2.24. The van der Waals surface area contributed by atoms with Crippen molar-refractivity contribution in [2.45, 2.75) is 19.3 Å². The van der Waals surface area contributed by atoms with Crippen LogP contribution in [0.3, 0.4) is 0 Å². The lowest BCUT2D eigenvalue weighted by molar-refractivity contribution is 0.623. The van der Waals surface area contributed by atoms with Crippen LogP contribution in [0.25, 0.3) is 12.2 Å². The van der Waals surface area contributed by atoms with E-state index in [4.69, 9.17) is 5.26 Å². The molecule has 0 amide bonds. The van der Waals surface area contributed by atoms with Crippen LogP contribution in [0.2, 0.25) is 0 Å². The maximum absolute atomic E-state index is 13.6. The average molecular weight is 341 g/mol. The van der Waals surface area contributed by atoms with Crippen molar-refractivity contribution in [3.63, 3.8) is 0 Å². The molecule has 0 aliphatic heterocycles. The lowest BCUT2D eigenvalue weighted by Crippen LogP contribution is -1.98. The van der Waals surface area contributed by atoms with E-state index in [-0.39, 0.29) is 5.56 Å². The summed E-state index contributed by atoms with van der Waals surface area (Å²) in [6.07, 6.45) is 4.80. The molecule has 26 heavy (non-hydrogen) atoms. The summed E-state index contributed by atoms with van der Waals surface area (Å²) in [6, 6.07) is 25.4. The van der Waals surface area contributed by atoms with Crippen LogP contribution in [0.4, 0.5) is 4.39 Å². The van der Waals surface area contributed by atoms with Crippen LogP contribution in [-0.4, -0.2) is 0 Å². The normalized spacial score (nSPS) is 12.0. The van der Waals surface area contributed by atoms with Gasteiger partial charge in [0.25, 0.3) is 0 Å². The molecule has 0 unspecified atom stereocenters. The van der Waals surface area contributed by atoms with E-state index in [1.54, 1.807) is 6.07 Å². The number of nitriles is 1. The minimum absolute atomic E-state index is 0.0686. The number of halogens is 1. The zero-order valence-electron chi connectivity index (χ0n) is 14.7. The second-order valence-electron chi connectivity index (χ2n) is 6.44. The number of benzene rings is 3. The second kappa shape index (κ2) is 8.27. The van der Waals surface area contributed by atoms with Crippen LogP contribution < -0.4 is 0 Å². The summed E-state index contributed by atoms with van der Waals surface area (Å²) in [4.78, 5) is 0. The van der Waals surface area contributed by atoms with Crippen molar-refractivity contribution < 1.29 is 4.39 Å². The molecule has 128 valence electrons. The number of rotatable bonds is 5. The van der Waals surface area contributed by atoms with Gasteiger partial charge in [0.1, 0.15) is 11.9 Å². The van der Waals surface area contributed by atoms with E-state index in [2.05, 4.69) is 55.5 Å². The summed E-state index contributed by atoms with van der Waals surface area (Å²) in [5, 5.41) is 8.77. The quantitative estimate of drug-likeness (QED) is 0.506. The lowest BCUT2D eigenvalue weighted by atomic mass is 9.93. The molecule has 1 atom stereocenters. The Bertz CT molecular complexity index is 934. The first kappa shape index (κ1) is 17.6. The second-order valence-corrected chi connectivity index (χ2v) is 6.44. The summed E-state index contributed by atoms with van der Waals surface area (Å²) in [5.41, 5.74) is 4.51. The number of nitrogens with zero attached hydrogens (tertiary/aromatic N) is 1. The molecule has 3 rings (SSSR count). The van der Waals surface area contributed by atoms with Crippen molar-refractivity contribution in [1.29, 1.82) is 5.26 Å². The molecule has 0 aliphatic carbocycles. The van der Waals surface area contributed by atoms with Gasteiger partial charge in [0, 0.05) is 0 Å². The number of hydrogen-bond donors (Lipinski definition) is 0. The predicted molar refractivity (Wildman–Crippen MR) is 105 cm³/mol. The van der Waals surface area contributed by atoms with E-state index >= 15 is 0 Å². The standard InChI is InChI=1S/C24H20FN/c1-18(22-5-3-2-4-6-22)15-20-10-7-19(8-11-20)9-12-21-13-14-23(17-26)24(25)16-21/h2-14,16,18H,15H2,1H3/t18-/m0/s1. The van der Waals surface area contributed by atoms with Crippen molar-refractivity contribution in [2.24, 2.45) is 0 Å². The van der Waals surface area contributed by atoms with Gasteiger partial charge in [0.05, 0.1) is 5.56 Å². The molecule has 0 spiro atoms. The molecule has 0 heterocycles. The van der Waals surface area contributed by atoms with Gasteiger partial charge in [0.2, 0.25) is 0 Å². The van der Waals surface area contributed by atoms with Gasteiger partial charge in [-0.2, -0.15) is 5.26 Å².